The molecule has 0 aromatic heterocycles. The molecule has 0 saturated carbocycles. The van der Waals surface area contributed by atoms with Gasteiger partial charge >= 0.3 is 6.18 Å². The van der Waals surface area contributed by atoms with Crippen LogP contribution < -0.4 is 20.9 Å². The quantitative estimate of drug-likeness (QED) is 0.0544. The molecular formula is C47H61F3N6O7. The molecule has 5 rings (SSSR count). The summed E-state index contributed by atoms with van der Waals surface area (Å²) in [6, 6.07) is 17.9. The number of nitrogens with one attached hydrogen (secondary N) is 4. The number of halogens is 3. The lowest BCUT2D eigenvalue weighted by Crippen LogP contribution is -2.46. The number of hydrogen-bond donors (Lipinski definition) is 4. The van der Waals surface area contributed by atoms with Crippen molar-refractivity contribution in [2.75, 3.05) is 102 Å². The number of amides is 3. The molecule has 1 fully saturated rings. The second kappa shape index (κ2) is 25.2. The number of alkyl halides is 3. The lowest BCUT2D eigenvalue weighted by molar-refractivity contribution is -0.137. The van der Waals surface area contributed by atoms with Crippen LogP contribution in [0.15, 0.2) is 72.8 Å². The SMILES string of the molecule is CCN(CC)c1ccc(NC(=O)c2cccc(CCCOCCOCCOCCOCCC(=O)N3CCNCC3)c2)c(C2=CC(C(=O)NCc3cccc(C(F)(F)F)c3)C2C=N)c1. The number of carbonyl (C=O) groups is 3. The van der Waals surface area contributed by atoms with Gasteiger partial charge in [-0.1, -0.05) is 30.3 Å². The standard InChI is InChI=1S/C47H61F3N6O7/c1-3-55(4-2)38-13-14-43(40(30-38)39-31-41(42(39)32-51)46(59)53-33-35-9-6-12-37(29-35)47(48,49)50)54-45(58)36-11-5-8-34(28-36)10-7-20-60-22-24-62-26-27-63-25-23-61-21-15-44(57)56-18-16-52-17-19-56/h5-6,8-9,11-14,28-32,41-42,51-52H,3-4,7,10,15-27,33H2,1-2H3,(H,53,59)(H,54,58). The molecule has 0 spiro atoms. The molecule has 342 valence electrons. The Kier molecular flexibility index (Phi) is 19.6. The smallest absolute Gasteiger partial charge is 0.379 e. The molecule has 63 heavy (non-hydrogen) atoms. The summed E-state index contributed by atoms with van der Waals surface area (Å²) >= 11 is 0. The maximum Gasteiger partial charge on any atom is 0.416 e. The number of anilines is 2. The van der Waals surface area contributed by atoms with Crippen molar-refractivity contribution >= 4 is 40.9 Å². The highest BCUT2D eigenvalue weighted by molar-refractivity contribution is 6.07. The van der Waals surface area contributed by atoms with E-state index in [0.717, 1.165) is 69.1 Å². The van der Waals surface area contributed by atoms with Gasteiger partial charge in [0.05, 0.1) is 64.2 Å². The number of benzene rings is 3. The van der Waals surface area contributed by atoms with Gasteiger partial charge in [0.2, 0.25) is 11.8 Å². The minimum absolute atomic E-state index is 0.0910. The van der Waals surface area contributed by atoms with Crippen molar-refractivity contribution in [3.05, 3.63) is 101 Å². The van der Waals surface area contributed by atoms with Crippen LogP contribution >= 0.6 is 0 Å². The molecule has 1 aliphatic carbocycles. The fraction of sp³-hybridized carbons (Fsp3) is 0.489. The highest BCUT2D eigenvalue weighted by Gasteiger charge is 2.38. The third-order valence-corrected chi connectivity index (χ3v) is 11.0. The van der Waals surface area contributed by atoms with E-state index in [1.807, 2.05) is 55.1 Å². The second-order valence-corrected chi connectivity index (χ2v) is 15.2. The van der Waals surface area contributed by atoms with Crippen LogP contribution in [0, 0.1) is 17.2 Å². The monoisotopic (exact) mass is 878 g/mol. The Bertz CT molecular complexity index is 1990. The van der Waals surface area contributed by atoms with Crippen molar-refractivity contribution in [2.45, 2.75) is 45.8 Å². The maximum absolute atomic E-state index is 13.7. The summed E-state index contributed by atoms with van der Waals surface area (Å²) in [4.78, 5) is 43.1. The first kappa shape index (κ1) is 48.9. The first-order valence-corrected chi connectivity index (χ1v) is 21.8. The molecule has 0 radical (unpaired) electrons. The van der Waals surface area contributed by atoms with Gasteiger partial charge in [-0.3, -0.25) is 14.4 Å². The number of allylic oxidation sites excluding steroid dienone is 1. The lowest BCUT2D eigenvalue weighted by atomic mass is 9.71. The van der Waals surface area contributed by atoms with Crippen LogP contribution in [0.5, 0.6) is 0 Å². The minimum atomic E-state index is -4.49. The van der Waals surface area contributed by atoms with Crippen LogP contribution in [-0.4, -0.2) is 121 Å². The van der Waals surface area contributed by atoms with Crippen LogP contribution in [0.1, 0.15) is 59.3 Å². The van der Waals surface area contributed by atoms with Crippen LogP contribution in [0.4, 0.5) is 24.5 Å². The predicted molar refractivity (Wildman–Crippen MR) is 237 cm³/mol. The zero-order valence-electron chi connectivity index (χ0n) is 36.3. The zero-order valence-corrected chi connectivity index (χ0v) is 36.3. The number of ether oxygens (including phenoxy) is 4. The molecule has 13 nitrogen and oxygen atoms in total. The van der Waals surface area contributed by atoms with Gasteiger partial charge < -0.3 is 50.1 Å². The van der Waals surface area contributed by atoms with E-state index in [-0.39, 0.29) is 18.4 Å². The Morgan fingerprint density at radius 1 is 0.841 bits per heavy atom. The number of aryl methyl sites for hydroxylation is 1. The molecule has 1 aliphatic heterocycles. The van der Waals surface area contributed by atoms with Crippen LogP contribution in [0.2, 0.25) is 0 Å². The Labute approximate surface area is 368 Å². The van der Waals surface area contributed by atoms with Gasteiger partial charge in [-0.15, -0.1) is 0 Å². The van der Waals surface area contributed by atoms with Gasteiger partial charge in [-0.2, -0.15) is 13.2 Å². The first-order valence-electron chi connectivity index (χ1n) is 21.8. The highest BCUT2D eigenvalue weighted by atomic mass is 19.4. The normalized spacial score (nSPS) is 16.2. The van der Waals surface area contributed by atoms with E-state index in [1.54, 1.807) is 12.1 Å². The van der Waals surface area contributed by atoms with E-state index in [9.17, 15) is 27.6 Å². The van der Waals surface area contributed by atoms with Gasteiger partial charge in [0.1, 0.15) is 0 Å². The lowest BCUT2D eigenvalue weighted by Gasteiger charge is -2.34. The molecule has 3 amide bonds. The van der Waals surface area contributed by atoms with Crippen molar-refractivity contribution in [1.82, 2.24) is 15.5 Å². The summed E-state index contributed by atoms with van der Waals surface area (Å²) in [5, 5.41) is 17.2. The van der Waals surface area contributed by atoms with E-state index >= 15 is 0 Å². The van der Waals surface area contributed by atoms with E-state index in [1.165, 1.54) is 18.3 Å². The van der Waals surface area contributed by atoms with Crippen LogP contribution in [-0.2, 0) is 47.7 Å². The second-order valence-electron chi connectivity index (χ2n) is 15.2. The molecule has 3 aromatic rings. The van der Waals surface area contributed by atoms with Gasteiger partial charge in [0, 0.05) is 87.1 Å². The van der Waals surface area contributed by atoms with Crippen molar-refractivity contribution < 1.29 is 46.5 Å². The first-order chi connectivity index (χ1) is 30.5. The molecule has 2 aliphatic rings. The Balaban J connectivity index is 1.04. The maximum atomic E-state index is 13.7. The largest absolute Gasteiger partial charge is 0.416 e. The number of carbonyl (C=O) groups excluding carboxylic acids is 3. The molecule has 3 aromatic carbocycles. The number of hydrogen-bond acceptors (Lipinski definition) is 10. The van der Waals surface area contributed by atoms with E-state index in [4.69, 9.17) is 24.4 Å². The van der Waals surface area contributed by atoms with Crippen molar-refractivity contribution in [1.29, 1.82) is 5.41 Å². The van der Waals surface area contributed by atoms with Crippen molar-refractivity contribution in [2.24, 2.45) is 11.8 Å². The zero-order chi connectivity index (χ0) is 45.0. The summed E-state index contributed by atoms with van der Waals surface area (Å²) in [5.41, 5.74) is 3.83. The fourth-order valence-corrected chi connectivity index (χ4v) is 7.45. The van der Waals surface area contributed by atoms with Gasteiger partial charge in [-0.25, -0.2) is 0 Å². The van der Waals surface area contributed by atoms with Gasteiger partial charge in [0.15, 0.2) is 0 Å². The summed E-state index contributed by atoms with van der Waals surface area (Å²) in [7, 11) is 0. The van der Waals surface area contributed by atoms with Crippen LogP contribution in [0.25, 0.3) is 5.57 Å². The molecule has 2 atom stereocenters. The predicted octanol–water partition coefficient (Wildman–Crippen LogP) is 6.22. The third kappa shape index (κ3) is 15.0. The van der Waals surface area contributed by atoms with E-state index in [2.05, 4.69) is 20.9 Å². The number of rotatable bonds is 26. The molecule has 1 saturated heterocycles. The molecule has 4 N–H and O–H groups in total. The summed E-state index contributed by atoms with van der Waals surface area (Å²) in [5.74, 6) is -1.89. The average molecular weight is 879 g/mol. The molecule has 16 heteroatoms. The Morgan fingerprint density at radius 3 is 2.16 bits per heavy atom. The van der Waals surface area contributed by atoms with E-state index < -0.39 is 29.5 Å². The highest BCUT2D eigenvalue weighted by Crippen LogP contribution is 2.43. The summed E-state index contributed by atoms with van der Waals surface area (Å²) < 4.78 is 62.1. The van der Waals surface area contributed by atoms with Crippen LogP contribution in [0.3, 0.4) is 0 Å². The molecular weight excluding hydrogens is 818 g/mol. The molecule has 1 heterocycles. The Hall–Kier alpha value is -5.13. The summed E-state index contributed by atoms with van der Waals surface area (Å²) in [6.45, 7) is 12.2. The topological polar surface area (TPSA) is 155 Å². The van der Waals surface area contributed by atoms with Crippen molar-refractivity contribution in [3.8, 4) is 0 Å². The molecule has 0 bridgehead atoms. The summed E-state index contributed by atoms with van der Waals surface area (Å²) in [6.07, 6.45) is 0.283. The third-order valence-electron chi connectivity index (χ3n) is 11.0. The number of nitrogens with zero attached hydrogens (tertiary/aromatic N) is 2. The molecule has 2 unspecified atom stereocenters. The Morgan fingerprint density at radius 2 is 1.49 bits per heavy atom. The van der Waals surface area contributed by atoms with Gasteiger partial charge in [0.25, 0.3) is 5.91 Å². The average Bonchev–Trinajstić information content (AvgIpc) is 3.28. The minimum Gasteiger partial charge on any atom is -0.379 e. The van der Waals surface area contributed by atoms with E-state index in [0.29, 0.717) is 93.6 Å². The van der Waals surface area contributed by atoms with Gasteiger partial charge in [-0.05, 0) is 85.9 Å². The van der Waals surface area contributed by atoms with Crippen molar-refractivity contribution in [3.63, 3.8) is 0 Å². The fourth-order valence-electron chi connectivity index (χ4n) is 7.45. The number of piperazine rings is 1.